The third-order valence-electron chi connectivity index (χ3n) is 3.59. The Labute approximate surface area is 147 Å². The highest BCUT2D eigenvalue weighted by Gasteiger charge is 2.33. The molecule has 0 saturated heterocycles. The Balaban J connectivity index is 2.38. The van der Waals surface area contributed by atoms with Crippen LogP contribution in [0, 0.1) is 0 Å². The van der Waals surface area contributed by atoms with E-state index in [-0.39, 0.29) is 0 Å². The van der Waals surface area contributed by atoms with Crippen molar-refractivity contribution in [3.63, 3.8) is 0 Å². The lowest BCUT2D eigenvalue weighted by molar-refractivity contribution is -0.139. The van der Waals surface area contributed by atoms with Gasteiger partial charge in [-0.05, 0) is 31.9 Å². The van der Waals surface area contributed by atoms with Gasteiger partial charge in [0.2, 0.25) is 0 Å². The predicted molar refractivity (Wildman–Crippen MR) is 95.5 cm³/mol. The van der Waals surface area contributed by atoms with Crippen LogP contribution < -0.4 is 5.32 Å². The number of carboxylic acid groups (broad SMARTS) is 1. The number of rotatable bonds is 5. The van der Waals surface area contributed by atoms with Gasteiger partial charge in [0.05, 0.1) is 0 Å². The molecule has 2 aromatic carbocycles. The van der Waals surface area contributed by atoms with Crippen molar-refractivity contribution in [2.45, 2.75) is 38.3 Å². The van der Waals surface area contributed by atoms with Crippen LogP contribution in [0.4, 0.5) is 4.79 Å². The number of carboxylic acids is 1. The maximum absolute atomic E-state index is 12.1. The number of alkyl carbamates (subject to hydrolysis) is 1. The monoisotopic (exact) mass is 341 g/mol. The van der Waals surface area contributed by atoms with Gasteiger partial charge in [0, 0.05) is 5.92 Å². The number of benzene rings is 2. The average Bonchev–Trinajstić information content (AvgIpc) is 2.54. The first-order chi connectivity index (χ1) is 11.8. The Morgan fingerprint density at radius 1 is 0.920 bits per heavy atom. The van der Waals surface area contributed by atoms with E-state index in [0.717, 1.165) is 11.1 Å². The van der Waals surface area contributed by atoms with Gasteiger partial charge in [-0.2, -0.15) is 0 Å². The minimum Gasteiger partial charge on any atom is -0.480 e. The van der Waals surface area contributed by atoms with Gasteiger partial charge in [0.1, 0.15) is 11.6 Å². The van der Waals surface area contributed by atoms with Crippen LogP contribution in [0.5, 0.6) is 0 Å². The Kier molecular flexibility index (Phi) is 5.80. The fourth-order valence-corrected chi connectivity index (χ4v) is 2.62. The van der Waals surface area contributed by atoms with Crippen molar-refractivity contribution in [3.8, 4) is 0 Å². The molecule has 0 saturated carbocycles. The third-order valence-corrected chi connectivity index (χ3v) is 3.59. The van der Waals surface area contributed by atoms with Gasteiger partial charge in [-0.25, -0.2) is 9.59 Å². The summed E-state index contributed by atoms with van der Waals surface area (Å²) in [4.78, 5) is 24.1. The van der Waals surface area contributed by atoms with Crippen LogP contribution in [-0.2, 0) is 9.53 Å². The van der Waals surface area contributed by atoms with E-state index < -0.39 is 29.6 Å². The number of hydrogen-bond acceptors (Lipinski definition) is 3. The summed E-state index contributed by atoms with van der Waals surface area (Å²) in [5.74, 6) is -1.66. The lowest BCUT2D eigenvalue weighted by Crippen LogP contribution is -2.47. The van der Waals surface area contributed by atoms with Gasteiger partial charge in [-0.15, -0.1) is 0 Å². The zero-order valence-corrected chi connectivity index (χ0v) is 14.6. The highest BCUT2D eigenvalue weighted by molar-refractivity contribution is 5.82. The Bertz CT molecular complexity index is 668. The van der Waals surface area contributed by atoms with E-state index in [0.29, 0.717) is 0 Å². The van der Waals surface area contributed by atoms with E-state index in [2.05, 4.69) is 5.32 Å². The molecule has 0 unspecified atom stereocenters. The molecule has 5 heteroatoms. The van der Waals surface area contributed by atoms with Crippen molar-refractivity contribution in [2.24, 2.45) is 0 Å². The molecule has 1 atom stereocenters. The first-order valence-electron chi connectivity index (χ1n) is 8.10. The second-order valence-corrected chi connectivity index (χ2v) is 6.76. The molecule has 2 rings (SSSR count). The molecule has 0 aliphatic heterocycles. The van der Waals surface area contributed by atoms with Crippen LogP contribution in [0.1, 0.15) is 37.8 Å². The molecule has 0 heterocycles. The number of aliphatic carboxylic acids is 1. The van der Waals surface area contributed by atoms with Crippen LogP contribution in [0.15, 0.2) is 60.7 Å². The number of amides is 1. The molecular formula is C20H23NO4. The van der Waals surface area contributed by atoms with E-state index in [1.54, 1.807) is 20.8 Å². The molecule has 0 radical (unpaired) electrons. The molecule has 0 spiro atoms. The number of carbonyl (C=O) groups excluding carboxylic acids is 1. The average molecular weight is 341 g/mol. The van der Waals surface area contributed by atoms with E-state index in [9.17, 15) is 14.7 Å². The number of hydrogen-bond donors (Lipinski definition) is 2. The fraction of sp³-hybridized carbons (Fsp3) is 0.300. The molecule has 0 aliphatic rings. The lowest BCUT2D eigenvalue weighted by Gasteiger charge is -2.27. The van der Waals surface area contributed by atoms with Crippen LogP contribution in [-0.4, -0.2) is 28.8 Å². The Morgan fingerprint density at radius 3 is 1.72 bits per heavy atom. The third kappa shape index (κ3) is 5.35. The van der Waals surface area contributed by atoms with E-state index in [1.807, 2.05) is 60.7 Å². The summed E-state index contributed by atoms with van der Waals surface area (Å²) in [6.07, 6.45) is -0.753. The summed E-state index contributed by atoms with van der Waals surface area (Å²) in [7, 11) is 0. The molecule has 25 heavy (non-hydrogen) atoms. The quantitative estimate of drug-likeness (QED) is 0.867. The summed E-state index contributed by atoms with van der Waals surface area (Å²) < 4.78 is 5.23. The smallest absolute Gasteiger partial charge is 0.408 e. The van der Waals surface area contributed by atoms with Crippen molar-refractivity contribution in [3.05, 3.63) is 71.8 Å². The molecule has 132 valence electrons. The Hall–Kier alpha value is -2.82. The second-order valence-electron chi connectivity index (χ2n) is 6.76. The van der Waals surface area contributed by atoms with Crippen molar-refractivity contribution in [2.75, 3.05) is 0 Å². The highest BCUT2D eigenvalue weighted by Crippen LogP contribution is 2.28. The highest BCUT2D eigenvalue weighted by atomic mass is 16.6. The number of carbonyl (C=O) groups is 2. The lowest BCUT2D eigenvalue weighted by atomic mass is 9.85. The minimum atomic E-state index is -1.15. The van der Waals surface area contributed by atoms with Crippen LogP contribution in [0.2, 0.25) is 0 Å². The van der Waals surface area contributed by atoms with Gasteiger partial charge in [0.15, 0.2) is 0 Å². The van der Waals surface area contributed by atoms with Gasteiger partial charge < -0.3 is 15.2 Å². The van der Waals surface area contributed by atoms with E-state index >= 15 is 0 Å². The standard InChI is InChI=1S/C20H23NO4/c1-20(2,3)25-19(24)21-17(18(22)23)16(14-10-6-4-7-11-14)15-12-8-5-9-13-15/h4-13,16-17H,1-3H3,(H,21,24)(H,22,23)/t17-/m1/s1. The zero-order chi connectivity index (χ0) is 18.4. The fourth-order valence-electron chi connectivity index (χ4n) is 2.62. The van der Waals surface area contributed by atoms with Crippen LogP contribution in [0.3, 0.4) is 0 Å². The maximum atomic E-state index is 12.1. The second kappa shape index (κ2) is 7.83. The summed E-state index contributed by atoms with van der Waals surface area (Å²) in [6, 6.07) is 17.4. The molecule has 5 nitrogen and oxygen atoms in total. The summed E-state index contributed by atoms with van der Waals surface area (Å²) in [5.41, 5.74) is 0.900. The molecule has 0 aromatic heterocycles. The van der Waals surface area contributed by atoms with Gasteiger partial charge in [-0.1, -0.05) is 60.7 Å². The first kappa shape index (κ1) is 18.5. The summed E-state index contributed by atoms with van der Waals surface area (Å²) >= 11 is 0. The molecular weight excluding hydrogens is 318 g/mol. The van der Waals surface area contributed by atoms with Crippen LogP contribution >= 0.6 is 0 Å². The van der Waals surface area contributed by atoms with Gasteiger partial charge >= 0.3 is 12.1 Å². The molecule has 0 aliphatic carbocycles. The Morgan fingerprint density at radius 2 is 1.36 bits per heavy atom. The summed E-state index contributed by atoms with van der Waals surface area (Å²) in [5, 5.41) is 12.3. The van der Waals surface area contributed by atoms with Crippen molar-refractivity contribution in [1.82, 2.24) is 5.32 Å². The van der Waals surface area contributed by atoms with Crippen molar-refractivity contribution < 1.29 is 19.4 Å². The van der Waals surface area contributed by atoms with Crippen LogP contribution in [0.25, 0.3) is 0 Å². The van der Waals surface area contributed by atoms with Crippen molar-refractivity contribution >= 4 is 12.1 Å². The predicted octanol–water partition coefficient (Wildman–Crippen LogP) is 3.80. The van der Waals surface area contributed by atoms with E-state index in [4.69, 9.17) is 4.74 Å². The molecule has 0 fully saturated rings. The minimum absolute atomic E-state index is 0.535. The number of ether oxygens (including phenoxy) is 1. The molecule has 2 N–H and O–H groups in total. The number of nitrogens with one attached hydrogen (secondary N) is 1. The van der Waals surface area contributed by atoms with Crippen molar-refractivity contribution in [1.29, 1.82) is 0 Å². The molecule has 2 aromatic rings. The molecule has 1 amide bonds. The topological polar surface area (TPSA) is 75.6 Å². The summed E-state index contributed by atoms with van der Waals surface area (Å²) in [6.45, 7) is 5.19. The zero-order valence-electron chi connectivity index (χ0n) is 14.6. The maximum Gasteiger partial charge on any atom is 0.408 e. The normalized spacial score (nSPS) is 12.5. The van der Waals surface area contributed by atoms with Gasteiger partial charge in [0.25, 0.3) is 0 Å². The van der Waals surface area contributed by atoms with E-state index in [1.165, 1.54) is 0 Å². The first-order valence-corrected chi connectivity index (χ1v) is 8.10. The SMILES string of the molecule is CC(C)(C)OC(=O)N[C@@H](C(=O)O)C(c1ccccc1)c1ccccc1. The largest absolute Gasteiger partial charge is 0.480 e. The van der Waals surface area contributed by atoms with Gasteiger partial charge in [-0.3, -0.25) is 0 Å². The molecule has 0 bridgehead atoms.